The van der Waals surface area contributed by atoms with E-state index in [-0.39, 0.29) is 25.4 Å². The second kappa shape index (κ2) is 16.1. The van der Waals surface area contributed by atoms with Crippen LogP contribution >= 0.6 is 7.52 Å². The van der Waals surface area contributed by atoms with E-state index in [1.807, 2.05) is 43.3 Å². The molecule has 2 aromatic carbocycles. The van der Waals surface area contributed by atoms with Gasteiger partial charge in [0.15, 0.2) is 11.5 Å². The molecular formula is C29H37N6O7P. The zero-order valence-corrected chi connectivity index (χ0v) is 25.1. The number of carbonyl (C=O) groups is 1. The summed E-state index contributed by atoms with van der Waals surface area (Å²) in [6.45, 7) is 5.23. The van der Waals surface area contributed by atoms with E-state index in [2.05, 4.69) is 20.0 Å². The molecule has 4 aromatic rings. The number of hydrogen-bond donors (Lipinski definition) is 2. The topological polar surface area (TPSA) is 162 Å². The lowest BCUT2D eigenvalue weighted by Gasteiger charge is -2.25. The zero-order chi connectivity index (χ0) is 30.5. The number of nitrogens with two attached hydrogens (primary N) is 1. The van der Waals surface area contributed by atoms with Gasteiger partial charge in [-0.3, -0.25) is 9.36 Å². The van der Waals surface area contributed by atoms with Crippen molar-refractivity contribution >= 4 is 30.5 Å². The average molecular weight is 613 g/mol. The maximum Gasteiger partial charge on any atom is 0.342 e. The van der Waals surface area contributed by atoms with Crippen LogP contribution in [0.5, 0.6) is 5.75 Å². The lowest BCUT2D eigenvalue weighted by molar-refractivity contribution is -0.147. The maximum absolute atomic E-state index is 13.9. The first-order valence-electron chi connectivity index (χ1n) is 13.8. The number of para-hydroxylation sites is 1. The molecule has 230 valence electrons. The van der Waals surface area contributed by atoms with Gasteiger partial charge in [-0.2, -0.15) is 0 Å². The first kappa shape index (κ1) is 32.1. The number of imidazole rings is 1. The molecule has 0 bridgehead atoms. The van der Waals surface area contributed by atoms with Crippen molar-refractivity contribution in [1.82, 2.24) is 24.6 Å². The normalized spacial score (nSPS) is 14.2. The largest absolute Gasteiger partial charge is 0.462 e. The Bertz CT molecular complexity index is 1470. The van der Waals surface area contributed by atoms with E-state index in [4.69, 9.17) is 29.2 Å². The predicted molar refractivity (Wildman–Crippen MR) is 160 cm³/mol. The van der Waals surface area contributed by atoms with E-state index in [9.17, 15) is 9.36 Å². The molecule has 0 aliphatic carbocycles. The van der Waals surface area contributed by atoms with Gasteiger partial charge in [0.25, 0.3) is 0 Å². The molecule has 4 rings (SSSR count). The molecule has 1 unspecified atom stereocenters. The molecule has 0 aliphatic rings. The summed E-state index contributed by atoms with van der Waals surface area (Å²) in [5, 5.41) is 2.79. The molecule has 2 heterocycles. The van der Waals surface area contributed by atoms with Crippen molar-refractivity contribution < 1.29 is 32.8 Å². The van der Waals surface area contributed by atoms with E-state index < -0.39 is 25.6 Å². The Kier molecular flexibility index (Phi) is 12.0. The van der Waals surface area contributed by atoms with Crippen LogP contribution in [0.2, 0.25) is 0 Å². The Morgan fingerprint density at radius 1 is 0.953 bits per heavy atom. The van der Waals surface area contributed by atoms with Crippen molar-refractivity contribution in [3.8, 4) is 5.75 Å². The highest BCUT2D eigenvalue weighted by atomic mass is 31.2. The van der Waals surface area contributed by atoms with Crippen LogP contribution in [-0.2, 0) is 41.5 Å². The highest BCUT2D eigenvalue weighted by molar-refractivity contribution is 7.57. The summed E-state index contributed by atoms with van der Waals surface area (Å²) < 4.78 is 43.8. The van der Waals surface area contributed by atoms with Crippen molar-refractivity contribution in [3.63, 3.8) is 0 Å². The number of ether oxygens (including phenoxy) is 4. The number of aromatic nitrogens is 4. The number of nitrogens with one attached hydrogen (secondary N) is 1. The number of nitrogen functional groups attached to an aromatic ring is 1. The molecule has 3 N–H and O–H groups in total. The molecule has 0 fully saturated rings. The molecule has 2 aromatic heterocycles. The van der Waals surface area contributed by atoms with E-state index in [1.165, 1.54) is 6.33 Å². The summed E-state index contributed by atoms with van der Waals surface area (Å²) in [6, 6.07) is 17.6. The summed E-state index contributed by atoms with van der Waals surface area (Å²) in [6.07, 6.45) is 2.23. The van der Waals surface area contributed by atoms with Crippen molar-refractivity contribution in [2.75, 3.05) is 38.5 Å². The van der Waals surface area contributed by atoms with E-state index in [0.29, 0.717) is 43.3 Å². The van der Waals surface area contributed by atoms with Gasteiger partial charge in [-0.15, -0.1) is 0 Å². The molecule has 0 amide bonds. The minimum absolute atomic E-state index is 0.0356. The zero-order valence-electron chi connectivity index (χ0n) is 24.2. The fourth-order valence-electron chi connectivity index (χ4n) is 3.99. The minimum atomic E-state index is -3.73. The van der Waals surface area contributed by atoms with Gasteiger partial charge in [0.1, 0.15) is 36.6 Å². The van der Waals surface area contributed by atoms with Crippen LogP contribution in [0.4, 0.5) is 5.82 Å². The third-order valence-electron chi connectivity index (χ3n) is 6.11. The van der Waals surface area contributed by atoms with Crippen LogP contribution in [0.25, 0.3) is 11.2 Å². The van der Waals surface area contributed by atoms with Crippen LogP contribution in [0.3, 0.4) is 0 Å². The van der Waals surface area contributed by atoms with E-state index >= 15 is 0 Å². The Balaban J connectivity index is 1.23. The number of fused-ring (bicyclic) bond motifs is 1. The molecule has 0 aliphatic heterocycles. The van der Waals surface area contributed by atoms with Crippen LogP contribution in [0.1, 0.15) is 19.4 Å². The van der Waals surface area contributed by atoms with Gasteiger partial charge in [0.2, 0.25) is 0 Å². The Labute approximate surface area is 250 Å². The van der Waals surface area contributed by atoms with Gasteiger partial charge in [-0.25, -0.2) is 20.0 Å². The lowest BCUT2D eigenvalue weighted by Crippen LogP contribution is -2.36. The van der Waals surface area contributed by atoms with E-state index in [1.54, 1.807) is 42.1 Å². The Morgan fingerprint density at radius 3 is 2.42 bits per heavy atom. The predicted octanol–water partition coefficient (Wildman–Crippen LogP) is 3.80. The van der Waals surface area contributed by atoms with Gasteiger partial charge in [0.05, 0.1) is 45.4 Å². The number of benzene rings is 2. The SMILES string of the molecule is C[C@H](Cn1cnc2c(N)ncnc21)OCP(=O)(N[C@@H](C)C(=O)OCCOCCOCc1ccccc1)Oc1ccccc1. The highest BCUT2D eigenvalue weighted by Gasteiger charge is 2.31. The van der Waals surface area contributed by atoms with Gasteiger partial charge in [-0.1, -0.05) is 48.5 Å². The monoisotopic (exact) mass is 612 g/mol. The highest BCUT2D eigenvalue weighted by Crippen LogP contribution is 2.44. The van der Waals surface area contributed by atoms with E-state index in [0.717, 1.165) is 5.56 Å². The molecule has 13 nitrogen and oxygen atoms in total. The summed E-state index contributed by atoms with van der Waals surface area (Å²) in [5.74, 6) is 0.0457. The van der Waals surface area contributed by atoms with Crippen LogP contribution in [0, 0.1) is 0 Å². The summed E-state index contributed by atoms with van der Waals surface area (Å²) >= 11 is 0. The smallest absolute Gasteiger partial charge is 0.342 e. The van der Waals surface area contributed by atoms with Crippen LogP contribution in [-0.4, -0.2) is 70.4 Å². The van der Waals surface area contributed by atoms with Crippen LogP contribution < -0.4 is 15.3 Å². The fraction of sp³-hybridized carbons (Fsp3) is 0.379. The fourth-order valence-corrected chi connectivity index (χ4v) is 5.78. The number of rotatable bonds is 18. The Hall–Kier alpha value is -3.87. The molecule has 0 radical (unpaired) electrons. The van der Waals surface area contributed by atoms with Gasteiger partial charge in [-0.05, 0) is 31.5 Å². The van der Waals surface area contributed by atoms with Crippen molar-refractivity contribution in [1.29, 1.82) is 0 Å². The molecular weight excluding hydrogens is 575 g/mol. The third-order valence-corrected chi connectivity index (χ3v) is 7.88. The minimum Gasteiger partial charge on any atom is -0.462 e. The second-order valence-corrected chi connectivity index (χ2v) is 11.7. The maximum atomic E-state index is 13.9. The average Bonchev–Trinajstić information content (AvgIpc) is 3.42. The third kappa shape index (κ3) is 10.1. The quantitative estimate of drug-likeness (QED) is 0.0951. The molecule has 14 heteroatoms. The summed E-state index contributed by atoms with van der Waals surface area (Å²) in [4.78, 5) is 25.1. The number of nitrogens with zero attached hydrogens (tertiary/aromatic N) is 4. The molecule has 3 atom stereocenters. The number of esters is 1. The van der Waals surface area contributed by atoms with Crippen molar-refractivity contribution in [2.24, 2.45) is 0 Å². The van der Waals surface area contributed by atoms with Crippen LogP contribution in [0.15, 0.2) is 73.3 Å². The number of carbonyl (C=O) groups excluding carboxylic acids is 1. The number of anilines is 1. The number of hydrogen-bond acceptors (Lipinski definition) is 11. The van der Waals surface area contributed by atoms with Gasteiger partial charge >= 0.3 is 13.5 Å². The first-order chi connectivity index (χ1) is 20.8. The second-order valence-electron chi connectivity index (χ2n) is 9.68. The molecule has 0 saturated carbocycles. The van der Waals surface area contributed by atoms with Gasteiger partial charge in [0, 0.05) is 0 Å². The lowest BCUT2D eigenvalue weighted by atomic mass is 10.2. The standard InChI is InChI=1S/C29H37N6O7P/c1-22(17-35-20-33-26-27(30)31-19-32-28(26)35)41-21-43(37,42-25-11-7-4-8-12-25)34-23(2)29(36)40-16-15-38-13-14-39-18-24-9-5-3-6-10-24/h3-12,19-20,22-23H,13-18,21H2,1-2H3,(H,34,37)(H2,30,31,32)/t22-,23+,43?/m1/s1. The Morgan fingerprint density at radius 2 is 1.65 bits per heavy atom. The molecule has 43 heavy (non-hydrogen) atoms. The molecule has 0 saturated heterocycles. The first-order valence-corrected chi connectivity index (χ1v) is 15.6. The van der Waals surface area contributed by atoms with Crippen molar-refractivity contribution in [2.45, 2.75) is 39.1 Å². The summed E-state index contributed by atoms with van der Waals surface area (Å²) in [5.41, 5.74) is 8.00. The van der Waals surface area contributed by atoms with Gasteiger partial charge < -0.3 is 33.8 Å². The van der Waals surface area contributed by atoms with Crippen molar-refractivity contribution in [3.05, 3.63) is 78.9 Å². The summed E-state index contributed by atoms with van der Waals surface area (Å²) in [7, 11) is -3.73. The molecule has 0 spiro atoms.